The van der Waals surface area contributed by atoms with Gasteiger partial charge in [0.2, 0.25) is 0 Å². The van der Waals surface area contributed by atoms with E-state index in [1.807, 2.05) is 0 Å². The number of fused-ring (bicyclic) bond motifs is 2. The molecule has 1 fully saturated rings. The molecule has 18 heavy (non-hydrogen) atoms. The molecule has 1 saturated heterocycles. The first kappa shape index (κ1) is 11.8. The predicted octanol–water partition coefficient (Wildman–Crippen LogP) is 3.31. The van der Waals surface area contributed by atoms with Crippen molar-refractivity contribution in [3.05, 3.63) is 35.9 Å². The van der Waals surface area contributed by atoms with Gasteiger partial charge in [0.05, 0.1) is 13.7 Å². The van der Waals surface area contributed by atoms with Crippen molar-refractivity contribution in [1.82, 2.24) is 0 Å². The Labute approximate surface area is 109 Å². The Balaban J connectivity index is 2.06. The van der Waals surface area contributed by atoms with Crippen LogP contribution in [0, 0.1) is 11.3 Å². The number of hydrogen-bond acceptors (Lipinski definition) is 2. The molecule has 1 aliphatic carbocycles. The average molecular weight is 244 g/mol. The minimum atomic E-state index is 0.316. The molecule has 1 heterocycles. The van der Waals surface area contributed by atoms with Gasteiger partial charge in [-0.15, -0.1) is 0 Å². The van der Waals surface area contributed by atoms with Crippen LogP contribution in [0.15, 0.2) is 24.8 Å². The van der Waals surface area contributed by atoms with Gasteiger partial charge in [0.1, 0.15) is 5.75 Å². The SMILES string of the molecule is C=C1c2cc(OC)ccc2CC2(C)CCOCC12. The molecule has 0 aromatic heterocycles. The maximum atomic E-state index is 5.65. The highest BCUT2D eigenvalue weighted by Gasteiger charge is 2.43. The van der Waals surface area contributed by atoms with Gasteiger partial charge in [0, 0.05) is 12.5 Å². The van der Waals surface area contributed by atoms with E-state index in [-0.39, 0.29) is 0 Å². The first-order chi connectivity index (χ1) is 8.64. The van der Waals surface area contributed by atoms with Gasteiger partial charge < -0.3 is 9.47 Å². The van der Waals surface area contributed by atoms with Crippen LogP contribution in [0.25, 0.3) is 5.57 Å². The molecule has 0 amide bonds. The molecule has 2 heteroatoms. The van der Waals surface area contributed by atoms with Crippen molar-refractivity contribution in [2.24, 2.45) is 11.3 Å². The Morgan fingerprint density at radius 2 is 2.28 bits per heavy atom. The minimum absolute atomic E-state index is 0.316. The van der Waals surface area contributed by atoms with Crippen LogP contribution in [-0.4, -0.2) is 20.3 Å². The van der Waals surface area contributed by atoms with Crippen LogP contribution in [0.1, 0.15) is 24.5 Å². The lowest BCUT2D eigenvalue weighted by Gasteiger charge is -2.46. The summed E-state index contributed by atoms with van der Waals surface area (Å²) in [7, 11) is 1.71. The van der Waals surface area contributed by atoms with Crippen LogP contribution in [0.3, 0.4) is 0 Å². The Hall–Kier alpha value is -1.28. The Bertz CT molecular complexity index is 492. The van der Waals surface area contributed by atoms with Crippen LogP contribution in [0.2, 0.25) is 0 Å². The van der Waals surface area contributed by atoms with E-state index in [4.69, 9.17) is 9.47 Å². The number of benzene rings is 1. The Morgan fingerprint density at radius 1 is 1.44 bits per heavy atom. The van der Waals surface area contributed by atoms with Crippen molar-refractivity contribution in [3.63, 3.8) is 0 Å². The molecule has 0 bridgehead atoms. The summed E-state index contributed by atoms with van der Waals surface area (Å²) >= 11 is 0. The Kier molecular flexibility index (Phi) is 2.70. The summed E-state index contributed by atoms with van der Waals surface area (Å²) in [6.45, 7) is 8.39. The summed E-state index contributed by atoms with van der Waals surface area (Å²) < 4.78 is 11.0. The lowest BCUT2D eigenvalue weighted by Crippen LogP contribution is -2.41. The van der Waals surface area contributed by atoms with E-state index in [1.54, 1.807) is 7.11 Å². The van der Waals surface area contributed by atoms with Gasteiger partial charge in [0.15, 0.2) is 0 Å². The van der Waals surface area contributed by atoms with Gasteiger partial charge >= 0.3 is 0 Å². The molecule has 0 N–H and O–H groups in total. The van der Waals surface area contributed by atoms with E-state index in [0.717, 1.165) is 31.8 Å². The van der Waals surface area contributed by atoms with Crippen molar-refractivity contribution in [2.45, 2.75) is 19.8 Å². The molecular weight excluding hydrogens is 224 g/mol. The minimum Gasteiger partial charge on any atom is -0.497 e. The van der Waals surface area contributed by atoms with Gasteiger partial charge in [0.25, 0.3) is 0 Å². The van der Waals surface area contributed by atoms with E-state index in [0.29, 0.717) is 11.3 Å². The first-order valence-corrected chi connectivity index (χ1v) is 6.58. The molecule has 0 spiro atoms. The third-order valence-electron chi connectivity index (χ3n) is 4.62. The predicted molar refractivity (Wildman–Crippen MR) is 72.8 cm³/mol. The van der Waals surface area contributed by atoms with Crippen LogP contribution < -0.4 is 4.74 Å². The van der Waals surface area contributed by atoms with E-state index in [2.05, 4.69) is 31.7 Å². The molecule has 2 atom stereocenters. The summed E-state index contributed by atoms with van der Waals surface area (Å²) in [5, 5.41) is 0. The van der Waals surface area contributed by atoms with Crippen LogP contribution in [0.4, 0.5) is 0 Å². The quantitative estimate of drug-likeness (QED) is 0.754. The number of methoxy groups -OCH3 is 1. The van der Waals surface area contributed by atoms with Crippen molar-refractivity contribution in [1.29, 1.82) is 0 Å². The molecule has 3 rings (SSSR count). The third-order valence-corrected chi connectivity index (χ3v) is 4.62. The van der Waals surface area contributed by atoms with E-state index >= 15 is 0 Å². The van der Waals surface area contributed by atoms with Crippen LogP contribution in [-0.2, 0) is 11.2 Å². The number of ether oxygens (including phenoxy) is 2. The first-order valence-electron chi connectivity index (χ1n) is 6.58. The highest BCUT2D eigenvalue weighted by Crippen LogP contribution is 2.50. The molecule has 2 aliphatic rings. The summed E-state index contributed by atoms with van der Waals surface area (Å²) in [6.07, 6.45) is 2.25. The standard InChI is InChI=1S/C16H20O2/c1-11-14-8-13(17-3)5-4-12(14)9-16(2)6-7-18-10-15(11)16/h4-5,8,15H,1,6-7,9-10H2,2-3H3. The largest absolute Gasteiger partial charge is 0.497 e. The molecule has 1 aliphatic heterocycles. The lowest BCUT2D eigenvalue weighted by atomic mass is 9.61. The van der Waals surface area contributed by atoms with Gasteiger partial charge in [-0.3, -0.25) is 0 Å². The second kappa shape index (κ2) is 4.13. The van der Waals surface area contributed by atoms with Crippen molar-refractivity contribution in [2.75, 3.05) is 20.3 Å². The molecule has 0 radical (unpaired) electrons. The maximum Gasteiger partial charge on any atom is 0.119 e. The second-order valence-corrected chi connectivity index (χ2v) is 5.76. The number of rotatable bonds is 1. The zero-order chi connectivity index (χ0) is 12.8. The van der Waals surface area contributed by atoms with E-state index < -0.39 is 0 Å². The summed E-state index contributed by atoms with van der Waals surface area (Å²) in [6, 6.07) is 6.36. The van der Waals surface area contributed by atoms with Crippen molar-refractivity contribution >= 4 is 5.57 Å². The average Bonchev–Trinajstić information content (AvgIpc) is 2.38. The molecule has 1 aromatic rings. The molecule has 2 nitrogen and oxygen atoms in total. The number of hydrogen-bond donors (Lipinski definition) is 0. The molecule has 0 saturated carbocycles. The van der Waals surface area contributed by atoms with E-state index in [9.17, 15) is 0 Å². The lowest BCUT2D eigenvalue weighted by molar-refractivity contribution is -0.0104. The fraction of sp³-hybridized carbons (Fsp3) is 0.500. The van der Waals surface area contributed by atoms with Gasteiger partial charge in [-0.2, -0.15) is 0 Å². The second-order valence-electron chi connectivity index (χ2n) is 5.76. The maximum absolute atomic E-state index is 5.65. The fourth-order valence-electron chi connectivity index (χ4n) is 3.37. The smallest absolute Gasteiger partial charge is 0.119 e. The normalized spacial score (nSPS) is 30.6. The Morgan fingerprint density at radius 3 is 3.06 bits per heavy atom. The summed E-state index contributed by atoms with van der Waals surface area (Å²) in [5.41, 5.74) is 4.21. The molecule has 96 valence electrons. The summed E-state index contributed by atoms with van der Waals surface area (Å²) in [5.74, 6) is 1.36. The van der Waals surface area contributed by atoms with Crippen molar-refractivity contribution < 1.29 is 9.47 Å². The molecule has 1 aromatic carbocycles. The zero-order valence-electron chi connectivity index (χ0n) is 11.2. The van der Waals surface area contributed by atoms with Gasteiger partial charge in [-0.05, 0) is 47.1 Å². The van der Waals surface area contributed by atoms with E-state index in [1.165, 1.54) is 16.7 Å². The third kappa shape index (κ3) is 1.67. The highest BCUT2D eigenvalue weighted by molar-refractivity contribution is 5.72. The fourth-order valence-corrected chi connectivity index (χ4v) is 3.37. The van der Waals surface area contributed by atoms with Gasteiger partial charge in [-0.1, -0.05) is 19.6 Å². The highest BCUT2D eigenvalue weighted by atomic mass is 16.5. The van der Waals surface area contributed by atoms with Gasteiger partial charge in [-0.25, -0.2) is 0 Å². The molecular formula is C16H20O2. The topological polar surface area (TPSA) is 18.5 Å². The van der Waals surface area contributed by atoms with Crippen LogP contribution in [0.5, 0.6) is 5.75 Å². The van der Waals surface area contributed by atoms with Crippen LogP contribution >= 0.6 is 0 Å². The summed E-state index contributed by atoms with van der Waals surface area (Å²) in [4.78, 5) is 0. The molecule has 2 unspecified atom stereocenters. The van der Waals surface area contributed by atoms with Crippen molar-refractivity contribution in [3.8, 4) is 5.75 Å². The zero-order valence-corrected chi connectivity index (χ0v) is 11.2. The monoisotopic (exact) mass is 244 g/mol.